The molecule has 0 saturated carbocycles. The number of hydrogen-bond donors (Lipinski definition) is 2. The summed E-state index contributed by atoms with van der Waals surface area (Å²) in [7, 11) is 0. The van der Waals surface area contributed by atoms with E-state index in [1.54, 1.807) is 22.1 Å². The summed E-state index contributed by atoms with van der Waals surface area (Å²) in [6, 6.07) is 9.08. The van der Waals surface area contributed by atoms with Crippen molar-refractivity contribution in [3.63, 3.8) is 0 Å². The molecule has 0 saturated heterocycles. The summed E-state index contributed by atoms with van der Waals surface area (Å²) >= 11 is 1.54. The molecular weight excluding hydrogens is 346 g/mol. The molecule has 2 N–H and O–H groups in total. The lowest BCUT2D eigenvalue weighted by atomic mass is 10.2. The number of benzene rings is 1. The fourth-order valence-corrected chi connectivity index (χ4v) is 3.45. The minimum atomic E-state index is -0.610. The van der Waals surface area contributed by atoms with Crippen LogP contribution in [0, 0.1) is 11.6 Å². The van der Waals surface area contributed by atoms with E-state index < -0.39 is 11.6 Å². The van der Waals surface area contributed by atoms with Gasteiger partial charge in [0.2, 0.25) is 0 Å². The lowest BCUT2D eigenvalue weighted by Crippen LogP contribution is -2.45. The van der Waals surface area contributed by atoms with Crippen molar-refractivity contribution < 1.29 is 13.6 Å². The van der Waals surface area contributed by atoms with Crippen LogP contribution in [0.5, 0.6) is 0 Å². The third kappa shape index (κ3) is 3.06. The van der Waals surface area contributed by atoms with Crippen LogP contribution in [0.4, 0.5) is 8.78 Å². The Morgan fingerprint density at radius 2 is 2.20 bits per heavy atom. The highest BCUT2D eigenvalue weighted by Gasteiger charge is 2.27. The SMILES string of the molecule is O=C1NC[C@@H](NCc2ccc(F)cc2F)n2nc(-c3cccs3)cc21. The van der Waals surface area contributed by atoms with Gasteiger partial charge in [-0.15, -0.1) is 11.3 Å². The number of nitrogens with zero attached hydrogens (tertiary/aromatic N) is 2. The summed E-state index contributed by atoms with van der Waals surface area (Å²) in [5.41, 5.74) is 1.53. The zero-order chi connectivity index (χ0) is 17.4. The van der Waals surface area contributed by atoms with Gasteiger partial charge in [-0.05, 0) is 23.6 Å². The van der Waals surface area contributed by atoms with E-state index in [-0.39, 0.29) is 18.6 Å². The lowest BCUT2D eigenvalue weighted by Gasteiger charge is -2.25. The molecule has 0 fully saturated rings. The van der Waals surface area contributed by atoms with Crippen molar-refractivity contribution in [1.82, 2.24) is 20.4 Å². The number of carbonyl (C=O) groups excluding carboxylic acids is 1. The van der Waals surface area contributed by atoms with Gasteiger partial charge < -0.3 is 5.32 Å². The van der Waals surface area contributed by atoms with Gasteiger partial charge in [0.15, 0.2) is 0 Å². The van der Waals surface area contributed by atoms with Gasteiger partial charge in [0.25, 0.3) is 5.91 Å². The van der Waals surface area contributed by atoms with Crippen LogP contribution in [-0.2, 0) is 6.54 Å². The van der Waals surface area contributed by atoms with Crippen molar-refractivity contribution in [2.45, 2.75) is 12.7 Å². The molecule has 5 nitrogen and oxygen atoms in total. The first kappa shape index (κ1) is 15.9. The third-order valence-corrected chi connectivity index (χ3v) is 4.93. The smallest absolute Gasteiger partial charge is 0.269 e. The zero-order valence-electron chi connectivity index (χ0n) is 13.0. The minimum Gasteiger partial charge on any atom is -0.347 e. The monoisotopic (exact) mass is 360 g/mol. The van der Waals surface area contributed by atoms with Gasteiger partial charge in [0, 0.05) is 18.2 Å². The zero-order valence-corrected chi connectivity index (χ0v) is 13.8. The molecule has 0 unspecified atom stereocenters. The van der Waals surface area contributed by atoms with Crippen LogP contribution < -0.4 is 10.6 Å². The summed E-state index contributed by atoms with van der Waals surface area (Å²) < 4.78 is 28.4. The van der Waals surface area contributed by atoms with Gasteiger partial charge in [0.05, 0.1) is 11.4 Å². The van der Waals surface area contributed by atoms with E-state index in [0.717, 1.165) is 16.6 Å². The van der Waals surface area contributed by atoms with E-state index in [9.17, 15) is 13.6 Å². The number of fused-ring (bicyclic) bond motifs is 1. The molecule has 25 heavy (non-hydrogen) atoms. The van der Waals surface area contributed by atoms with Crippen LogP contribution in [0.3, 0.4) is 0 Å². The summed E-state index contributed by atoms with van der Waals surface area (Å²) in [4.78, 5) is 13.1. The minimum absolute atomic E-state index is 0.193. The molecule has 128 valence electrons. The fourth-order valence-electron chi connectivity index (χ4n) is 2.76. The van der Waals surface area contributed by atoms with Crippen LogP contribution in [-0.4, -0.2) is 22.2 Å². The summed E-state index contributed by atoms with van der Waals surface area (Å²) in [6.45, 7) is 0.528. The maximum atomic E-state index is 13.8. The van der Waals surface area contributed by atoms with Crippen LogP contribution in [0.1, 0.15) is 22.2 Å². The molecule has 0 aliphatic carbocycles. The average molecular weight is 360 g/mol. The molecular formula is C17H14F2N4OS. The highest BCUT2D eigenvalue weighted by atomic mass is 32.1. The molecule has 2 aromatic heterocycles. The largest absolute Gasteiger partial charge is 0.347 e. The van der Waals surface area contributed by atoms with E-state index in [0.29, 0.717) is 17.8 Å². The topological polar surface area (TPSA) is 59.0 Å². The molecule has 1 atom stereocenters. The predicted octanol–water partition coefficient (Wildman–Crippen LogP) is 2.92. The van der Waals surface area contributed by atoms with Crippen LogP contribution in [0.25, 0.3) is 10.6 Å². The van der Waals surface area contributed by atoms with Gasteiger partial charge in [-0.25, -0.2) is 13.5 Å². The van der Waals surface area contributed by atoms with Crippen LogP contribution in [0.15, 0.2) is 41.8 Å². The molecule has 1 aromatic carbocycles. The van der Waals surface area contributed by atoms with Crippen LogP contribution in [0.2, 0.25) is 0 Å². The van der Waals surface area contributed by atoms with E-state index in [1.165, 1.54) is 12.1 Å². The quantitative estimate of drug-likeness (QED) is 0.752. The molecule has 0 radical (unpaired) electrons. The fraction of sp³-hybridized carbons (Fsp3) is 0.176. The van der Waals surface area contributed by atoms with Crippen molar-refractivity contribution in [3.8, 4) is 10.6 Å². The van der Waals surface area contributed by atoms with Gasteiger partial charge >= 0.3 is 0 Å². The van der Waals surface area contributed by atoms with E-state index in [4.69, 9.17) is 0 Å². The Morgan fingerprint density at radius 1 is 1.32 bits per heavy atom. The second-order valence-corrected chi connectivity index (χ2v) is 6.63. The standard InChI is InChI=1S/C17H14F2N4OS/c18-11-4-3-10(12(19)6-11)8-20-16-9-21-17(24)14-7-13(22-23(14)16)15-2-1-5-25-15/h1-7,16,20H,8-9H2,(H,21,24)/t16-/m0/s1. The van der Waals surface area contributed by atoms with Crippen molar-refractivity contribution in [1.29, 1.82) is 0 Å². The van der Waals surface area contributed by atoms with Gasteiger partial charge in [0.1, 0.15) is 29.2 Å². The van der Waals surface area contributed by atoms with E-state index >= 15 is 0 Å². The van der Waals surface area contributed by atoms with E-state index in [2.05, 4.69) is 15.7 Å². The molecule has 0 spiro atoms. The number of amides is 1. The number of nitrogens with one attached hydrogen (secondary N) is 2. The van der Waals surface area contributed by atoms with E-state index in [1.807, 2.05) is 17.5 Å². The first-order valence-electron chi connectivity index (χ1n) is 7.71. The summed E-state index contributed by atoms with van der Waals surface area (Å²) in [5.74, 6) is -1.41. The third-order valence-electron chi connectivity index (χ3n) is 4.04. The first-order chi connectivity index (χ1) is 12.1. The predicted molar refractivity (Wildman–Crippen MR) is 90.1 cm³/mol. The number of rotatable bonds is 4. The molecule has 4 rings (SSSR count). The molecule has 8 heteroatoms. The second kappa shape index (κ2) is 6.38. The lowest BCUT2D eigenvalue weighted by molar-refractivity contribution is 0.0900. The maximum absolute atomic E-state index is 13.8. The Bertz CT molecular complexity index is 923. The highest BCUT2D eigenvalue weighted by molar-refractivity contribution is 7.13. The van der Waals surface area contributed by atoms with Gasteiger partial charge in [-0.1, -0.05) is 12.1 Å². The van der Waals surface area contributed by atoms with Crippen molar-refractivity contribution in [3.05, 3.63) is 64.7 Å². The number of thiophene rings is 1. The highest BCUT2D eigenvalue weighted by Crippen LogP contribution is 2.26. The number of hydrogen-bond acceptors (Lipinski definition) is 4. The normalized spacial score (nSPS) is 16.6. The second-order valence-electron chi connectivity index (χ2n) is 5.68. The number of carbonyl (C=O) groups is 1. The van der Waals surface area contributed by atoms with Crippen molar-refractivity contribution in [2.24, 2.45) is 0 Å². The summed E-state index contributed by atoms with van der Waals surface area (Å²) in [6.07, 6.45) is -0.314. The average Bonchev–Trinajstić information content (AvgIpc) is 3.25. The molecule has 1 aliphatic rings. The Labute approximate surface area is 146 Å². The molecule has 3 aromatic rings. The molecule has 0 bridgehead atoms. The van der Waals surface area contributed by atoms with Crippen molar-refractivity contribution in [2.75, 3.05) is 6.54 Å². The number of halogens is 2. The first-order valence-corrected chi connectivity index (χ1v) is 8.59. The Morgan fingerprint density at radius 3 is 2.96 bits per heavy atom. The van der Waals surface area contributed by atoms with Crippen LogP contribution >= 0.6 is 11.3 Å². The molecule has 3 heterocycles. The molecule has 1 aliphatic heterocycles. The Kier molecular flexibility index (Phi) is 4.06. The van der Waals surface area contributed by atoms with Gasteiger partial charge in [-0.3, -0.25) is 10.1 Å². The molecule has 1 amide bonds. The van der Waals surface area contributed by atoms with Gasteiger partial charge in [-0.2, -0.15) is 5.10 Å². The Hall–Kier alpha value is -2.58. The van der Waals surface area contributed by atoms with Crippen molar-refractivity contribution >= 4 is 17.2 Å². The maximum Gasteiger partial charge on any atom is 0.269 e. The number of aromatic nitrogens is 2. The Balaban J connectivity index is 1.58. The summed E-state index contributed by atoms with van der Waals surface area (Å²) in [5, 5.41) is 12.4.